The maximum atomic E-state index is 13.7. The molecular formula is C32H34ClN5O3. The first-order valence-corrected chi connectivity index (χ1v) is 14.1. The molecule has 0 bridgehead atoms. The van der Waals surface area contributed by atoms with Gasteiger partial charge < -0.3 is 19.9 Å². The predicted octanol–water partition coefficient (Wildman–Crippen LogP) is 5.73. The van der Waals surface area contributed by atoms with Gasteiger partial charge in [-0.15, -0.1) is 0 Å². The lowest BCUT2D eigenvalue weighted by Gasteiger charge is -2.37. The van der Waals surface area contributed by atoms with E-state index in [-0.39, 0.29) is 5.91 Å². The quantitative estimate of drug-likeness (QED) is 0.318. The van der Waals surface area contributed by atoms with E-state index in [1.165, 1.54) is 0 Å². The average Bonchev–Trinajstić information content (AvgIpc) is 2.96. The minimum atomic E-state index is -0.772. The molecular weight excluding hydrogens is 538 g/mol. The third kappa shape index (κ3) is 7.13. The van der Waals surface area contributed by atoms with E-state index in [1.807, 2.05) is 36.4 Å². The first-order chi connectivity index (χ1) is 19.7. The second-order valence-electron chi connectivity index (χ2n) is 11.1. The number of piperazine rings is 1. The minimum absolute atomic E-state index is 0.149. The molecule has 212 valence electrons. The number of rotatable bonds is 6. The van der Waals surface area contributed by atoms with Crippen LogP contribution in [-0.4, -0.2) is 64.7 Å². The second-order valence-corrected chi connectivity index (χ2v) is 11.6. The molecule has 2 heterocycles. The van der Waals surface area contributed by atoms with Crippen LogP contribution in [0.25, 0.3) is 22.0 Å². The van der Waals surface area contributed by atoms with Crippen LogP contribution < -0.4 is 10.2 Å². The number of halogens is 1. The first kappa shape index (κ1) is 28.4. The third-order valence-corrected chi connectivity index (χ3v) is 7.21. The van der Waals surface area contributed by atoms with Crippen LogP contribution in [0.3, 0.4) is 0 Å². The van der Waals surface area contributed by atoms with Crippen molar-refractivity contribution >= 4 is 40.3 Å². The predicted molar refractivity (Wildman–Crippen MR) is 162 cm³/mol. The molecule has 1 atom stereocenters. The number of fused-ring (bicyclic) bond motifs is 1. The summed E-state index contributed by atoms with van der Waals surface area (Å²) in [7, 11) is 0. The van der Waals surface area contributed by atoms with E-state index in [0.29, 0.717) is 37.6 Å². The molecule has 1 fully saturated rings. The van der Waals surface area contributed by atoms with Gasteiger partial charge in [-0.05, 0) is 61.7 Å². The maximum Gasteiger partial charge on any atom is 0.408 e. The van der Waals surface area contributed by atoms with Crippen molar-refractivity contribution < 1.29 is 14.3 Å². The SMILES string of the molecule is CC(C)(C)OC(=O)NC(Cc1ccc(Cl)cc1)C(=O)N1CCN(c2ncnc3ccc(-c4ccccc4)cc23)CC1. The van der Waals surface area contributed by atoms with Crippen molar-refractivity contribution in [2.24, 2.45) is 0 Å². The maximum absolute atomic E-state index is 13.7. The Hall–Kier alpha value is -4.17. The van der Waals surface area contributed by atoms with Crippen LogP contribution in [0.2, 0.25) is 5.02 Å². The highest BCUT2D eigenvalue weighted by atomic mass is 35.5. The highest BCUT2D eigenvalue weighted by Gasteiger charge is 2.31. The van der Waals surface area contributed by atoms with Gasteiger partial charge in [0.1, 0.15) is 23.8 Å². The zero-order valence-electron chi connectivity index (χ0n) is 23.5. The summed E-state index contributed by atoms with van der Waals surface area (Å²) in [6.07, 6.45) is 1.29. The van der Waals surface area contributed by atoms with E-state index in [4.69, 9.17) is 16.3 Å². The van der Waals surface area contributed by atoms with Crippen LogP contribution in [-0.2, 0) is 16.0 Å². The number of benzene rings is 3. The van der Waals surface area contributed by atoms with Gasteiger partial charge >= 0.3 is 6.09 Å². The Morgan fingerprint density at radius 3 is 2.32 bits per heavy atom. The molecule has 41 heavy (non-hydrogen) atoms. The molecule has 0 aliphatic carbocycles. The number of hydrogen-bond acceptors (Lipinski definition) is 6. The smallest absolute Gasteiger partial charge is 0.408 e. The zero-order chi connectivity index (χ0) is 29.0. The Morgan fingerprint density at radius 2 is 1.63 bits per heavy atom. The van der Waals surface area contributed by atoms with Crippen molar-refractivity contribution in [3.63, 3.8) is 0 Å². The molecule has 1 saturated heterocycles. The highest BCUT2D eigenvalue weighted by molar-refractivity contribution is 6.30. The van der Waals surface area contributed by atoms with E-state index in [0.717, 1.165) is 33.4 Å². The van der Waals surface area contributed by atoms with Gasteiger partial charge in [0.05, 0.1) is 5.52 Å². The summed E-state index contributed by atoms with van der Waals surface area (Å²) in [5.74, 6) is 0.703. The fraction of sp³-hybridized carbons (Fsp3) is 0.312. The number of nitrogens with one attached hydrogen (secondary N) is 1. The highest BCUT2D eigenvalue weighted by Crippen LogP contribution is 2.29. The molecule has 5 rings (SSSR count). The van der Waals surface area contributed by atoms with Crippen molar-refractivity contribution in [1.29, 1.82) is 0 Å². The van der Waals surface area contributed by atoms with Crippen LogP contribution in [0, 0.1) is 0 Å². The standard InChI is InChI=1S/C32H34ClN5O3/c1-32(2,3)41-31(40)36-28(19-22-9-12-25(33)13-10-22)30(39)38-17-15-37(16-18-38)29-26-20-24(23-7-5-4-6-8-23)11-14-27(26)34-21-35-29/h4-14,20-21,28H,15-19H2,1-3H3,(H,36,40). The Kier molecular flexibility index (Phi) is 8.40. The Bertz CT molecular complexity index is 1510. The molecule has 1 aliphatic heterocycles. The summed E-state index contributed by atoms with van der Waals surface area (Å²) in [6.45, 7) is 7.58. The number of carbonyl (C=O) groups is 2. The molecule has 9 heteroatoms. The number of aromatic nitrogens is 2. The summed E-state index contributed by atoms with van der Waals surface area (Å²) >= 11 is 6.05. The van der Waals surface area contributed by atoms with Crippen molar-refractivity contribution in [2.75, 3.05) is 31.1 Å². The fourth-order valence-electron chi connectivity index (χ4n) is 4.97. The minimum Gasteiger partial charge on any atom is -0.444 e. The second kappa shape index (κ2) is 12.1. The van der Waals surface area contributed by atoms with E-state index < -0.39 is 17.7 Å². The van der Waals surface area contributed by atoms with Gasteiger partial charge in [-0.3, -0.25) is 4.79 Å². The summed E-state index contributed by atoms with van der Waals surface area (Å²) in [5.41, 5.74) is 3.32. The van der Waals surface area contributed by atoms with E-state index in [2.05, 4.69) is 44.5 Å². The summed E-state index contributed by atoms with van der Waals surface area (Å²) in [5, 5.41) is 4.39. The van der Waals surface area contributed by atoms with Crippen molar-refractivity contribution in [2.45, 2.75) is 38.8 Å². The van der Waals surface area contributed by atoms with E-state index in [9.17, 15) is 9.59 Å². The van der Waals surface area contributed by atoms with Crippen LogP contribution in [0.15, 0.2) is 79.1 Å². The average molecular weight is 572 g/mol. The molecule has 1 aliphatic rings. The topological polar surface area (TPSA) is 87.7 Å². The number of nitrogens with zero attached hydrogens (tertiary/aromatic N) is 4. The van der Waals surface area contributed by atoms with Gasteiger partial charge in [0.2, 0.25) is 5.91 Å². The molecule has 0 radical (unpaired) electrons. The molecule has 0 saturated carbocycles. The zero-order valence-corrected chi connectivity index (χ0v) is 24.3. The largest absolute Gasteiger partial charge is 0.444 e. The van der Waals surface area contributed by atoms with E-state index in [1.54, 1.807) is 44.1 Å². The summed E-state index contributed by atoms with van der Waals surface area (Å²) < 4.78 is 5.46. The lowest BCUT2D eigenvalue weighted by atomic mass is 10.0. The van der Waals surface area contributed by atoms with Gasteiger partial charge in [0, 0.05) is 43.0 Å². The third-order valence-electron chi connectivity index (χ3n) is 6.95. The summed E-state index contributed by atoms with van der Waals surface area (Å²) in [4.78, 5) is 39.5. The van der Waals surface area contributed by atoms with Gasteiger partial charge in [0.15, 0.2) is 0 Å². The molecule has 3 aromatic carbocycles. The lowest BCUT2D eigenvalue weighted by Crippen LogP contribution is -2.56. The number of amides is 2. The first-order valence-electron chi connectivity index (χ1n) is 13.7. The molecule has 1 aromatic heterocycles. The molecule has 1 N–H and O–H groups in total. The van der Waals surface area contributed by atoms with E-state index >= 15 is 0 Å². The van der Waals surface area contributed by atoms with Crippen LogP contribution in [0.5, 0.6) is 0 Å². The van der Waals surface area contributed by atoms with Crippen LogP contribution >= 0.6 is 11.6 Å². The number of ether oxygens (including phenoxy) is 1. The number of hydrogen-bond donors (Lipinski definition) is 1. The molecule has 1 unspecified atom stereocenters. The molecule has 2 amide bonds. The van der Waals surface area contributed by atoms with Gasteiger partial charge in [-0.1, -0.05) is 60.1 Å². The lowest BCUT2D eigenvalue weighted by molar-refractivity contribution is -0.133. The Labute approximate surface area is 245 Å². The molecule has 0 spiro atoms. The number of carbonyl (C=O) groups excluding carboxylic acids is 2. The monoisotopic (exact) mass is 571 g/mol. The summed E-state index contributed by atoms with van der Waals surface area (Å²) in [6, 6.07) is 22.9. The van der Waals surface area contributed by atoms with Crippen molar-refractivity contribution in [3.05, 3.63) is 89.7 Å². The Morgan fingerprint density at radius 1 is 0.927 bits per heavy atom. The normalized spacial score (nSPS) is 14.5. The van der Waals surface area contributed by atoms with Gasteiger partial charge in [0.25, 0.3) is 0 Å². The number of anilines is 1. The van der Waals surface area contributed by atoms with Gasteiger partial charge in [-0.25, -0.2) is 14.8 Å². The number of alkyl carbamates (subject to hydrolysis) is 1. The van der Waals surface area contributed by atoms with Crippen LogP contribution in [0.4, 0.5) is 10.6 Å². The van der Waals surface area contributed by atoms with Gasteiger partial charge in [-0.2, -0.15) is 0 Å². The van der Waals surface area contributed by atoms with Crippen molar-refractivity contribution in [3.8, 4) is 11.1 Å². The van der Waals surface area contributed by atoms with Crippen LogP contribution in [0.1, 0.15) is 26.3 Å². The van der Waals surface area contributed by atoms with Crippen molar-refractivity contribution in [1.82, 2.24) is 20.2 Å². The fourth-order valence-corrected chi connectivity index (χ4v) is 5.10. The molecule has 4 aromatic rings. The Balaban J connectivity index is 1.31. The molecule has 8 nitrogen and oxygen atoms in total.